The Labute approximate surface area is 240 Å². The van der Waals surface area contributed by atoms with E-state index in [4.69, 9.17) is 23.7 Å². The van der Waals surface area contributed by atoms with Crippen LogP contribution in [-0.2, 0) is 43.5 Å². The smallest absolute Gasteiger partial charge is 0.338 e. The van der Waals surface area contributed by atoms with Crippen LogP contribution in [0.2, 0.25) is 0 Å². The van der Waals surface area contributed by atoms with E-state index in [1.54, 1.807) is 24.3 Å². The first-order valence-corrected chi connectivity index (χ1v) is 13.7. The van der Waals surface area contributed by atoms with E-state index in [1.165, 1.54) is 0 Å². The van der Waals surface area contributed by atoms with Gasteiger partial charge in [-0.15, -0.1) is 0 Å². The van der Waals surface area contributed by atoms with Gasteiger partial charge in [0.05, 0.1) is 25.4 Å². The molecule has 4 aromatic carbocycles. The van der Waals surface area contributed by atoms with E-state index < -0.39 is 36.7 Å². The topological polar surface area (TPSA) is 83.5 Å². The second kappa shape index (κ2) is 14.7. The fourth-order valence-corrected chi connectivity index (χ4v) is 4.63. The zero-order chi connectivity index (χ0) is 28.3. The molecular formula is C34H34O7. The molecule has 1 saturated heterocycles. The summed E-state index contributed by atoms with van der Waals surface area (Å²) in [4.78, 5) is 12.7. The Morgan fingerprint density at radius 2 is 1.05 bits per heavy atom. The lowest BCUT2D eigenvalue weighted by Crippen LogP contribution is -2.61. The molecular weight excluding hydrogens is 520 g/mol. The summed E-state index contributed by atoms with van der Waals surface area (Å²) in [6.45, 7) is 0.590. The molecule has 0 aromatic heterocycles. The van der Waals surface area contributed by atoms with Crippen molar-refractivity contribution in [2.45, 2.75) is 50.5 Å². The van der Waals surface area contributed by atoms with Crippen molar-refractivity contribution in [1.82, 2.24) is 0 Å². The molecule has 1 heterocycles. The lowest BCUT2D eigenvalue weighted by molar-refractivity contribution is -0.322. The van der Waals surface area contributed by atoms with E-state index in [0.29, 0.717) is 5.56 Å². The van der Waals surface area contributed by atoms with Gasteiger partial charge in [0.25, 0.3) is 0 Å². The van der Waals surface area contributed by atoms with Crippen LogP contribution in [0.4, 0.5) is 0 Å². The third kappa shape index (κ3) is 8.10. The third-order valence-electron chi connectivity index (χ3n) is 6.83. The minimum Gasteiger partial charge on any atom is -0.459 e. The van der Waals surface area contributed by atoms with Crippen molar-refractivity contribution in [3.8, 4) is 0 Å². The van der Waals surface area contributed by atoms with Crippen molar-refractivity contribution >= 4 is 5.97 Å². The quantitative estimate of drug-likeness (QED) is 0.238. The van der Waals surface area contributed by atoms with Gasteiger partial charge in [0, 0.05) is 0 Å². The van der Waals surface area contributed by atoms with Gasteiger partial charge in [-0.3, -0.25) is 0 Å². The van der Waals surface area contributed by atoms with Crippen molar-refractivity contribution in [3.63, 3.8) is 0 Å². The van der Waals surface area contributed by atoms with Crippen LogP contribution in [-0.4, -0.2) is 48.4 Å². The maximum atomic E-state index is 12.7. The van der Waals surface area contributed by atoms with Crippen LogP contribution >= 0.6 is 0 Å². The van der Waals surface area contributed by atoms with E-state index in [2.05, 4.69) is 0 Å². The molecule has 41 heavy (non-hydrogen) atoms. The number of carbonyl (C=O) groups excluding carboxylic acids is 1. The van der Waals surface area contributed by atoms with Crippen LogP contribution in [0.15, 0.2) is 121 Å². The molecule has 5 unspecified atom stereocenters. The van der Waals surface area contributed by atoms with Crippen molar-refractivity contribution in [1.29, 1.82) is 0 Å². The van der Waals surface area contributed by atoms with Crippen molar-refractivity contribution in [2.75, 3.05) is 6.61 Å². The molecule has 212 valence electrons. The summed E-state index contributed by atoms with van der Waals surface area (Å²) in [5, 5.41) is 11.5. The molecule has 7 heteroatoms. The lowest BCUT2D eigenvalue weighted by atomic mass is 9.98. The maximum Gasteiger partial charge on any atom is 0.338 e. The molecule has 1 fully saturated rings. The summed E-state index contributed by atoms with van der Waals surface area (Å²) in [5.74, 6) is -0.507. The lowest BCUT2D eigenvalue weighted by Gasteiger charge is -2.44. The number of rotatable bonds is 12. The van der Waals surface area contributed by atoms with E-state index in [9.17, 15) is 9.90 Å². The standard InChI is InChI=1S/C34H34O7/c35-30-29(24-39-33(36)28-19-11-4-12-20-28)41-34(40-23-27-17-9-3-10-18-27)32(38-22-26-15-7-2-8-16-26)31(30)37-21-25-13-5-1-6-14-25/h1-20,29-32,34-35H,21-24H2. The average molecular weight is 555 g/mol. The van der Waals surface area contributed by atoms with Crippen LogP contribution in [0, 0.1) is 0 Å². The fourth-order valence-electron chi connectivity index (χ4n) is 4.63. The Morgan fingerprint density at radius 1 is 0.610 bits per heavy atom. The van der Waals surface area contributed by atoms with Crippen molar-refractivity contribution < 1.29 is 33.6 Å². The first-order valence-electron chi connectivity index (χ1n) is 13.7. The minimum atomic E-state index is -1.15. The number of hydrogen-bond acceptors (Lipinski definition) is 7. The normalized spacial score (nSPS) is 22.2. The molecule has 4 aromatic rings. The Hall–Kier alpha value is -3.85. The summed E-state index contributed by atoms with van der Waals surface area (Å²) in [7, 11) is 0. The van der Waals surface area contributed by atoms with Crippen LogP contribution in [0.25, 0.3) is 0 Å². The Kier molecular flexibility index (Phi) is 10.3. The van der Waals surface area contributed by atoms with Gasteiger partial charge in [0.1, 0.15) is 31.0 Å². The number of aliphatic hydroxyl groups is 1. The molecule has 0 saturated carbocycles. The molecule has 1 N–H and O–H groups in total. The molecule has 0 aliphatic carbocycles. The summed E-state index contributed by atoms with van der Waals surface area (Å²) in [5.41, 5.74) is 3.28. The highest BCUT2D eigenvalue weighted by Gasteiger charge is 2.48. The van der Waals surface area contributed by atoms with Gasteiger partial charge >= 0.3 is 5.97 Å². The molecule has 7 nitrogen and oxygen atoms in total. The molecule has 1 aliphatic rings. The molecule has 0 radical (unpaired) electrons. The minimum absolute atomic E-state index is 0.184. The van der Waals surface area contributed by atoms with Gasteiger partial charge in [0.15, 0.2) is 6.29 Å². The first kappa shape index (κ1) is 28.7. The molecule has 5 atom stereocenters. The molecule has 0 bridgehead atoms. The maximum absolute atomic E-state index is 12.7. The number of hydrogen-bond donors (Lipinski definition) is 1. The van der Waals surface area contributed by atoms with Gasteiger partial charge in [-0.2, -0.15) is 0 Å². The fraction of sp³-hybridized carbons (Fsp3) is 0.265. The molecule has 5 rings (SSSR count). The zero-order valence-corrected chi connectivity index (χ0v) is 22.7. The van der Waals surface area contributed by atoms with Gasteiger partial charge in [-0.1, -0.05) is 109 Å². The monoisotopic (exact) mass is 554 g/mol. The molecule has 0 amide bonds. The van der Waals surface area contributed by atoms with E-state index in [-0.39, 0.29) is 26.4 Å². The summed E-state index contributed by atoms with van der Waals surface area (Å²) in [6.07, 6.45) is -4.54. The number of aliphatic hydroxyl groups excluding tert-OH is 1. The number of benzene rings is 4. The second-order valence-corrected chi connectivity index (χ2v) is 9.82. The third-order valence-corrected chi connectivity index (χ3v) is 6.83. The first-order chi connectivity index (χ1) is 20.2. The van der Waals surface area contributed by atoms with E-state index in [0.717, 1.165) is 16.7 Å². The van der Waals surface area contributed by atoms with Crippen LogP contribution in [0.1, 0.15) is 27.0 Å². The van der Waals surface area contributed by atoms with E-state index in [1.807, 2.05) is 97.1 Å². The summed E-state index contributed by atoms with van der Waals surface area (Å²) in [6, 6.07) is 37.9. The number of esters is 1. The van der Waals surface area contributed by atoms with Crippen LogP contribution in [0.3, 0.4) is 0 Å². The number of ether oxygens (including phenoxy) is 5. The van der Waals surface area contributed by atoms with Crippen LogP contribution < -0.4 is 0 Å². The Bertz CT molecular complexity index is 1320. The van der Waals surface area contributed by atoms with Gasteiger partial charge in [-0.25, -0.2) is 4.79 Å². The molecule has 1 aliphatic heterocycles. The average Bonchev–Trinajstić information content (AvgIpc) is 3.04. The highest BCUT2D eigenvalue weighted by atomic mass is 16.7. The summed E-state index contributed by atoms with van der Waals surface area (Å²) < 4.78 is 30.7. The highest BCUT2D eigenvalue weighted by Crippen LogP contribution is 2.29. The Morgan fingerprint density at radius 3 is 1.56 bits per heavy atom. The van der Waals surface area contributed by atoms with Crippen LogP contribution in [0.5, 0.6) is 0 Å². The summed E-state index contributed by atoms with van der Waals surface area (Å²) >= 11 is 0. The van der Waals surface area contributed by atoms with Crippen molar-refractivity contribution in [3.05, 3.63) is 144 Å². The van der Waals surface area contributed by atoms with Gasteiger partial charge in [-0.05, 0) is 28.8 Å². The zero-order valence-electron chi connectivity index (χ0n) is 22.7. The van der Waals surface area contributed by atoms with Gasteiger partial charge < -0.3 is 28.8 Å². The van der Waals surface area contributed by atoms with E-state index >= 15 is 0 Å². The number of carbonyl (C=O) groups is 1. The van der Waals surface area contributed by atoms with Crippen molar-refractivity contribution in [2.24, 2.45) is 0 Å². The largest absolute Gasteiger partial charge is 0.459 e. The second-order valence-electron chi connectivity index (χ2n) is 9.82. The SMILES string of the molecule is O=C(OCC1OC(OCc2ccccc2)C(OCc2ccccc2)C(OCc2ccccc2)C1O)c1ccccc1. The Balaban J connectivity index is 1.36. The predicted molar refractivity (Wildman–Crippen MR) is 153 cm³/mol. The predicted octanol–water partition coefficient (Wildman–Crippen LogP) is 5.32. The molecule has 0 spiro atoms. The van der Waals surface area contributed by atoms with Gasteiger partial charge in [0.2, 0.25) is 0 Å². The highest BCUT2D eigenvalue weighted by molar-refractivity contribution is 5.89.